The van der Waals surface area contributed by atoms with E-state index in [-0.39, 0.29) is 36.7 Å². The lowest BCUT2D eigenvalue weighted by atomic mass is 9.80. The Labute approximate surface area is 188 Å². The molecule has 1 aliphatic heterocycles. The molecule has 0 saturated carbocycles. The third kappa shape index (κ3) is 4.54. The van der Waals surface area contributed by atoms with Gasteiger partial charge in [0.1, 0.15) is 0 Å². The molecule has 1 aliphatic rings. The van der Waals surface area contributed by atoms with Crippen LogP contribution in [0, 0.1) is 0 Å². The van der Waals surface area contributed by atoms with Gasteiger partial charge in [0.15, 0.2) is 17.1 Å². The summed E-state index contributed by atoms with van der Waals surface area (Å²) in [5, 5.41) is 0. The van der Waals surface area contributed by atoms with Crippen molar-refractivity contribution < 1.29 is 14.4 Å². The van der Waals surface area contributed by atoms with Crippen molar-refractivity contribution in [1.82, 2.24) is 4.90 Å². The summed E-state index contributed by atoms with van der Waals surface area (Å²) in [4.78, 5) is 42.4. The Morgan fingerprint density at radius 2 is 1.03 bits per heavy atom. The highest BCUT2D eigenvalue weighted by Gasteiger charge is 2.53. The van der Waals surface area contributed by atoms with Gasteiger partial charge in [0, 0.05) is 19.4 Å². The number of hydrogen-bond donors (Lipinski definition) is 0. The Hall–Kier alpha value is -3.53. The standard InChI is InChI=1S/C28H27NO3/c30-25(19-22-11-4-1-5-12-22)28(26(31)20-23-13-6-2-7-14-23)17-10-18-29(28)27(32)21-24-15-8-3-9-16-24/h1-9,11-16H,10,17-21H2. The number of nitrogens with zero attached hydrogens (tertiary/aromatic N) is 1. The third-order valence-electron chi connectivity index (χ3n) is 6.22. The van der Waals surface area contributed by atoms with E-state index >= 15 is 0 Å². The largest absolute Gasteiger partial charge is 0.323 e. The van der Waals surface area contributed by atoms with Gasteiger partial charge in [0.25, 0.3) is 0 Å². The molecule has 1 heterocycles. The van der Waals surface area contributed by atoms with E-state index in [1.807, 2.05) is 91.0 Å². The van der Waals surface area contributed by atoms with E-state index in [1.54, 1.807) is 4.90 Å². The van der Waals surface area contributed by atoms with Crippen molar-refractivity contribution in [2.45, 2.75) is 37.6 Å². The van der Waals surface area contributed by atoms with Gasteiger partial charge >= 0.3 is 0 Å². The van der Waals surface area contributed by atoms with Crippen LogP contribution in [0.2, 0.25) is 0 Å². The molecular weight excluding hydrogens is 398 g/mol. The number of rotatable bonds is 8. The fraction of sp³-hybridized carbons (Fsp3) is 0.250. The first-order valence-corrected chi connectivity index (χ1v) is 11.1. The molecule has 0 radical (unpaired) electrons. The van der Waals surface area contributed by atoms with Gasteiger partial charge in [-0.05, 0) is 29.5 Å². The second-order valence-corrected chi connectivity index (χ2v) is 8.34. The van der Waals surface area contributed by atoms with Crippen LogP contribution in [0.1, 0.15) is 29.5 Å². The number of carbonyl (C=O) groups excluding carboxylic acids is 3. The zero-order valence-electron chi connectivity index (χ0n) is 18.1. The molecule has 0 atom stereocenters. The van der Waals surface area contributed by atoms with Crippen LogP contribution in [0.3, 0.4) is 0 Å². The Kier molecular flexibility index (Phi) is 6.60. The molecular formula is C28H27NO3. The van der Waals surface area contributed by atoms with Gasteiger partial charge < -0.3 is 4.90 Å². The quantitative estimate of drug-likeness (QED) is 0.508. The van der Waals surface area contributed by atoms with Crippen molar-refractivity contribution in [2.75, 3.05) is 6.54 Å². The maximum absolute atomic E-state index is 13.7. The Bertz CT molecular complexity index is 1020. The van der Waals surface area contributed by atoms with Gasteiger partial charge in [0.2, 0.25) is 5.91 Å². The van der Waals surface area contributed by atoms with Crippen molar-refractivity contribution in [1.29, 1.82) is 0 Å². The van der Waals surface area contributed by atoms with Gasteiger partial charge in [-0.25, -0.2) is 0 Å². The summed E-state index contributed by atoms with van der Waals surface area (Å²) in [7, 11) is 0. The van der Waals surface area contributed by atoms with Crippen molar-refractivity contribution in [3.63, 3.8) is 0 Å². The molecule has 0 aliphatic carbocycles. The highest BCUT2D eigenvalue weighted by molar-refractivity contribution is 6.15. The molecule has 0 aromatic heterocycles. The molecule has 1 amide bonds. The van der Waals surface area contributed by atoms with Gasteiger partial charge in [-0.2, -0.15) is 0 Å². The number of carbonyl (C=O) groups is 3. The average Bonchev–Trinajstić information content (AvgIpc) is 3.28. The molecule has 0 bridgehead atoms. The van der Waals surface area contributed by atoms with Crippen molar-refractivity contribution in [3.05, 3.63) is 108 Å². The molecule has 4 nitrogen and oxygen atoms in total. The minimum absolute atomic E-state index is 0.135. The summed E-state index contributed by atoms with van der Waals surface area (Å²) in [6.07, 6.45) is 1.47. The molecule has 3 aromatic carbocycles. The summed E-state index contributed by atoms with van der Waals surface area (Å²) in [6.45, 7) is 0.423. The number of hydrogen-bond acceptors (Lipinski definition) is 3. The van der Waals surface area contributed by atoms with E-state index < -0.39 is 5.54 Å². The number of benzene rings is 3. The number of Topliss-reactive ketones (excluding diaryl/α,β-unsaturated/α-hetero) is 2. The Morgan fingerprint density at radius 1 is 0.625 bits per heavy atom. The first-order chi connectivity index (χ1) is 15.6. The zero-order valence-corrected chi connectivity index (χ0v) is 18.1. The van der Waals surface area contributed by atoms with Crippen LogP contribution in [0.15, 0.2) is 91.0 Å². The normalized spacial score (nSPS) is 14.8. The second-order valence-electron chi connectivity index (χ2n) is 8.34. The first-order valence-electron chi connectivity index (χ1n) is 11.1. The summed E-state index contributed by atoms with van der Waals surface area (Å²) in [5.41, 5.74) is 1.18. The highest BCUT2D eigenvalue weighted by Crippen LogP contribution is 2.34. The first kappa shape index (κ1) is 21.7. The summed E-state index contributed by atoms with van der Waals surface area (Å²) >= 11 is 0. The maximum atomic E-state index is 13.7. The second kappa shape index (κ2) is 9.73. The lowest BCUT2D eigenvalue weighted by Crippen LogP contribution is -2.59. The van der Waals surface area contributed by atoms with Gasteiger partial charge in [0.05, 0.1) is 6.42 Å². The van der Waals surface area contributed by atoms with Crippen molar-refractivity contribution in [2.24, 2.45) is 0 Å². The molecule has 3 aromatic rings. The zero-order chi connectivity index (χ0) is 22.4. The van der Waals surface area contributed by atoms with Crippen molar-refractivity contribution in [3.8, 4) is 0 Å². The lowest BCUT2D eigenvalue weighted by molar-refractivity contribution is -0.150. The minimum Gasteiger partial charge on any atom is -0.323 e. The lowest BCUT2D eigenvalue weighted by Gasteiger charge is -2.36. The Balaban J connectivity index is 1.66. The molecule has 1 saturated heterocycles. The maximum Gasteiger partial charge on any atom is 0.228 e. The number of ketones is 2. The van der Waals surface area contributed by atoms with E-state index in [9.17, 15) is 14.4 Å². The van der Waals surface area contributed by atoms with Crippen LogP contribution in [-0.2, 0) is 33.6 Å². The van der Waals surface area contributed by atoms with E-state index in [1.165, 1.54) is 0 Å². The van der Waals surface area contributed by atoms with Crippen LogP contribution < -0.4 is 0 Å². The number of amides is 1. The monoisotopic (exact) mass is 425 g/mol. The van der Waals surface area contributed by atoms with E-state index in [4.69, 9.17) is 0 Å². The third-order valence-corrected chi connectivity index (χ3v) is 6.22. The molecule has 1 fully saturated rings. The predicted octanol–water partition coefficient (Wildman–Crippen LogP) is 4.21. The Morgan fingerprint density at radius 3 is 1.47 bits per heavy atom. The van der Waals surface area contributed by atoms with Gasteiger partial charge in [-0.15, -0.1) is 0 Å². The van der Waals surface area contributed by atoms with E-state index in [0.717, 1.165) is 16.7 Å². The fourth-order valence-corrected chi connectivity index (χ4v) is 4.61. The topological polar surface area (TPSA) is 54.5 Å². The minimum atomic E-state index is -1.41. The van der Waals surface area contributed by atoms with Crippen LogP contribution in [0.5, 0.6) is 0 Å². The SMILES string of the molecule is O=C(Cc1ccccc1)N1CCCC1(C(=O)Cc1ccccc1)C(=O)Cc1ccccc1. The highest BCUT2D eigenvalue weighted by atomic mass is 16.2. The molecule has 4 rings (SSSR count). The van der Waals surface area contributed by atoms with Gasteiger partial charge in [-0.1, -0.05) is 91.0 Å². The molecule has 0 unspecified atom stereocenters. The van der Waals surface area contributed by atoms with Gasteiger partial charge in [-0.3, -0.25) is 14.4 Å². The predicted molar refractivity (Wildman–Crippen MR) is 124 cm³/mol. The summed E-state index contributed by atoms with van der Waals surface area (Å²) in [5.74, 6) is -0.552. The van der Waals surface area contributed by atoms with E-state index in [0.29, 0.717) is 19.4 Å². The molecule has 4 heteroatoms. The summed E-state index contributed by atoms with van der Waals surface area (Å²) < 4.78 is 0. The van der Waals surface area contributed by atoms with Crippen LogP contribution in [-0.4, -0.2) is 34.5 Å². The smallest absolute Gasteiger partial charge is 0.228 e. The molecule has 32 heavy (non-hydrogen) atoms. The molecule has 0 N–H and O–H groups in total. The van der Waals surface area contributed by atoms with Crippen LogP contribution in [0.25, 0.3) is 0 Å². The summed E-state index contributed by atoms with van der Waals surface area (Å²) in [6, 6.07) is 28.4. The van der Waals surface area contributed by atoms with E-state index in [2.05, 4.69) is 0 Å². The van der Waals surface area contributed by atoms with Crippen LogP contribution >= 0.6 is 0 Å². The van der Waals surface area contributed by atoms with Crippen LogP contribution in [0.4, 0.5) is 0 Å². The molecule has 0 spiro atoms. The number of likely N-dealkylation sites (tertiary alicyclic amines) is 1. The molecule has 162 valence electrons. The fourth-order valence-electron chi connectivity index (χ4n) is 4.61. The average molecular weight is 426 g/mol. The van der Waals surface area contributed by atoms with Crippen molar-refractivity contribution >= 4 is 17.5 Å².